The molecule has 0 bridgehead atoms. The average molecular weight is 261 g/mol. The summed E-state index contributed by atoms with van der Waals surface area (Å²) in [5, 5.41) is 13.5. The lowest BCUT2D eigenvalue weighted by atomic mass is 10.4. The van der Waals surface area contributed by atoms with Crippen molar-refractivity contribution in [1.29, 1.82) is 0 Å². The van der Waals surface area contributed by atoms with Crippen molar-refractivity contribution in [1.82, 2.24) is 15.5 Å². The zero-order valence-electron chi connectivity index (χ0n) is 10.6. The van der Waals surface area contributed by atoms with Crippen molar-refractivity contribution < 1.29 is 24.2 Å². The molecular weight excluding hydrogens is 242 g/mol. The highest BCUT2D eigenvalue weighted by molar-refractivity contribution is 5.80. The van der Waals surface area contributed by atoms with Crippen LogP contribution in [-0.2, 0) is 14.3 Å². The number of carboxylic acid groups (broad SMARTS) is 1. The number of nitrogens with one attached hydrogen (secondary N) is 2. The minimum absolute atomic E-state index is 0.135. The summed E-state index contributed by atoms with van der Waals surface area (Å²) < 4.78 is 4.76. The van der Waals surface area contributed by atoms with Crippen LogP contribution in [0.25, 0.3) is 0 Å². The maximum absolute atomic E-state index is 11.3. The summed E-state index contributed by atoms with van der Waals surface area (Å²) >= 11 is 0. The van der Waals surface area contributed by atoms with Gasteiger partial charge in [-0.2, -0.15) is 0 Å². The van der Waals surface area contributed by atoms with Gasteiger partial charge in [0.15, 0.2) is 0 Å². The molecule has 0 aromatic rings. The minimum atomic E-state index is -1.09. The highest BCUT2D eigenvalue weighted by Crippen LogP contribution is 1.85. The van der Waals surface area contributed by atoms with Gasteiger partial charge in [-0.25, -0.2) is 4.79 Å². The number of aliphatic carboxylic acids is 1. The SMILES string of the molecule is COCCNC(=O)CCNC(=O)N(C)CC(=O)O. The first-order chi connectivity index (χ1) is 8.47. The lowest BCUT2D eigenvalue weighted by molar-refractivity contribution is -0.137. The van der Waals surface area contributed by atoms with Crippen molar-refractivity contribution in [3.05, 3.63) is 0 Å². The molecule has 0 aromatic carbocycles. The van der Waals surface area contributed by atoms with Gasteiger partial charge < -0.3 is 25.4 Å². The fourth-order valence-corrected chi connectivity index (χ4v) is 1.07. The van der Waals surface area contributed by atoms with Crippen molar-refractivity contribution >= 4 is 17.9 Å². The smallest absolute Gasteiger partial charge is 0.323 e. The average Bonchev–Trinajstić information content (AvgIpc) is 2.28. The Balaban J connectivity index is 3.67. The number of carbonyl (C=O) groups excluding carboxylic acids is 2. The first-order valence-corrected chi connectivity index (χ1v) is 5.43. The first-order valence-electron chi connectivity index (χ1n) is 5.43. The maximum Gasteiger partial charge on any atom is 0.323 e. The maximum atomic E-state index is 11.3. The van der Waals surface area contributed by atoms with Crippen molar-refractivity contribution in [2.45, 2.75) is 6.42 Å². The molecule has 0 atom stereocenters. The van der Waals surface area contributed by atoms with Crippen LogP contribution in [0.4, 0.5) is 4.79 Å². The van der Waals surface area contributed by atoms with Crippen LogP contribution in [-0.4, -0.2) is 68.3 Å². The van der Waals surface area contributed by atoms with Crippen LogP contribution in [0.2, 0.25) is 0 Å². The van der Waals surface area contributed by atoms with E-state index in [1.165, 1.54) is 14.2 Å². The number of amides is 3. The Morgan fingerprint density at radius 2 is 1.89 bits per heavy atom. The van der Waals surface area contributed by atoms with E-state index in [0.717, 1.165) is 4.90 Å². The Labute approximate surface area is 105 Å². The summed E-state index contributed by atoms with van der Waals surface area (Å²) in [5.74, 6) is -1.29. The van der Waals surface area contributed by atoms with Gasteiger partial charge in [0, 0.05) is 33.7 Å². The van der Waals surface area contributed by atoms with Crippen molar-refractivity contribution in [2.24, 2.45) is 0 Å². The number of carboxylic acids is 1. The first kappa shape index (κ1) is 16.2. The monoisotopic (exact) mass is 261 g/mol. The third kappa shape index (κ3) is 8.34. The summed E-state index contributed by atoms with van der Waals surface area (Å²) in [7, 11) is 2.90. The lowest BCUT2D eigenvalue weighted by Gasteiger charge is -2.15. The van der Waals surface area contributed by atoms with E-state index in [1.807, 2.05) is 0 Å². The molecule has 18 heavy (non-hydrogen) atoms. The zero-order valence-corrected chi connectivity index (χ0v) is 10.6. The van der Waals surface area contributed by atoms with Gasteiger partial charge in [0.05, 0.1) is 6.61 Å². The Morgan fingerprint density at radius 3 is 2.44 bits per heavy atom. The second kappa shape index (κ2) is 9.23. The van der Waals surface area contributed by atoms with Crippen molar-refractivity contribution in [3.63, 3.8) is 0 Å². The van der Waals surface area contributed by atoms with E-state index in [9.17, 15) is 14.4 Å². The van der Waals surface area contributed by atoms with E-state index < -0.39 is 12.0 Å². The Hall–Kier alpha value is -1.83. The van der Waals surface area contributed by atoms with Crippen LogP contribution in [0, 0.1) is 0 Å². The number of likely N-dealkylation sites (N-methyl/N-ethyl adjacent to an activating group) is 1. The van der Waals surface area contributed by atoms with Crippen LogP contribution in [0.1, 0.15) is 6.42 Å². The molecule has 8 heteroatoms. The number of urea groups is 1. The molecule has 0 spiro atoms. The molecule has 0 aliphatic carbocycles. The molecule has 0 saturated carbocycles. The Morgan fingerprint density at radius 1 is 1.22 bits per heavy atom. The molecule has 0 aromatic heterocycles. The van der Waals surface area contributed by atoms with Crippen LogP contribution in [0.3, 0.4) is 0 Å². The fraction of sp³-hybridized carbons (Fsp3) is 0.700. The highest BCUT2D eigenvalue weighted by atomic mass is 16.5. The van der Waals surface area contributed by atoms with Crippen LogP contribution >= 0.6 is 0 Å². The summed E-state index contributed by atoms with van der Waals surface area (Å²) in [4.78, 5) is 33.9. The standard InChI is InChI=1S/C10H19N3O5/c1-13(7-9(15)16)10(17)12-4-3-8(14)11-5-6-18-2/h3-7H2,1-2H3,(H,11,14)(H,12,17)(H,15,16). The summed E-state index contributed by atoms with van der Waals surface area (Å²) in [6.45, 7) is 0.620. The quantitative estimate of drug-likeness (QED) is 0.479. The fourth-order valence-electron chi connectivity index (χ4n) is 1.07. The molecule has 0 unspecified atom stereocenters. The van der Waals surface area contributed by atoms with Gasteiger partial charge in [-0.1, -0.05) is 0 Å². The topological polar surface area (TPSA) is 108 Å². The Kier molecular flexibility index (Phi) is 8.29. The van der Waals surface area contributed by atoms with Gasteiger partial charge in [-0.05, 0) is 0 Å². The summed E-state index contributed by atoms with van der Waals surface area (Å²) in [5.41, 5.74) is 0. The van der Waals surface area contributed by atoms with E-state index in [-0.39, 0.29) is 25.4 Å². The van der Waals surface area contributed by atoms with Gasteiger partial charge in [0.2, 0.25) is 5.91 Å². The summed E-state index contributed by atoms with van der Waals surface area (Å²) in [6, 6.07) is -0.526. The predicted molar refractivity (Wildman–Crippen MR) is 63.2 cm³/mol. The molecule has 0 aliphatic heterocycles. The highest BCUT2D eigenvalue weighted by Gasteiger charge is 2.11. The molecule has 0 fully saturated rings. The molecular formula is C10H19N3O5. The van der Waals surface area contributed by atoms with Gasteiger partial charge in [-0.3, -0.25) is 9.59 Å². The van der Waals surface area contributed by atoms with Crippen LogP contribution in [0.5, 0.6) is 0 Å². The Bertz CT molecular complexity index is 295. The van der Waals surface area contributed by atoms with E-state index >= 15 is 0 Å². The molecule has 3 N–H and O–H groups in total. The third-order valence-corrected chi connectivity index (χ3v) is 1.98. The molecule has 0 heterocycles. The normalized spacial score (nSPS) is 9.67. The molecule has 3 amide bonds. The van der Waals surface area contributed by atoms with Crippen LogP contribution in [0.15, 0.2) is 0 Å². The number of methoxy groups -OCH3 is 1. The third-order valence-electron chi connectivity index (χ3n) is 1.98. The minimum Gasteiger partial charge on any atom is -0.480 e. The van der Waals surface area contributed by atoms with Crippen molar-refractivity contribution in [3.8, 4) is 0 Å². The number of rotatable bonds is 8. The number of nitrogens with zero attached hydrogens (tertiary/aromatic N) is 1. The molecule has 0 aliphatic rings. The molecule has 8 nitrogen and oxygen atoms in total. The molecule has 0 radical (unpaired) electrons. The number of carbonyl (C=O) groups is 3. The van der Waals surface area contributed by atoms with Gasteiger partial charge >= 0.3 is 12.0 Å². The number of hydrogen-bond donors (Lipinski definition) is 3. The van der Waals surface area contributed by atoms with Gasteiger partial charge in [-0.15, -0.1) is 0 Å². The lowest BCUT2D eigenvalue weighted by Crippen LogP contribution is -2.41. The number of ether oxygens (including phenoxy) is 1. The predicted octanol–water partition coefficient (Wildman–Crippen LogP) is -1.13. The van der Waals surface area contributed by atoms with Gasteiger partial charge in [0.25, 0.3) is 0 Å². The van der Waals surface area contributed by atoms with E-state index in [0.29, 0.717) is 13.2 Å². The molecule has 0 rings (SSSR count). The molecule has 0 saturated heterocycles. The zero-order chi connectivity index (χ0) is 14.0. The van der Waals surface area contributed by atoms with Crippen LogP contribution < -0.4 is 10.6 Å². The largest absolute Gasteiger partial charge is 0.480 e. The van der Waals surface area contributed by atoms with E-state index in [4.69, 9.17) is 9.84 Å². The second-order valence-corrected chi connectivity index (χ2v) is 3.57. The number of hydrogen-bond acceptors (Lipinski definition) is 4. The van der Waals surface area contributed by atoms with Crippen molar-refractivity contribution in [2.75, 3.05) is 40.4 Å². The molecule has 104 valence electrons. The van der Waals surface area contributed by atoms with Gasteiger partial charge in [0.1, 0.15) is 6.54 Å². The summed E-state index contributed by atoms with van der Waals surface area (Å²) in [6.07, 6.45) is 0.135. The second-order valence-electron chi connectivity index (χ2n) is 3.57. The van der Waals surface area contributed by atoms with E-state index in [2.05, 4.69) is 10.6 Å². The van der Waals surface area contributed by atoms with E-state index in [1.54, 1.807) is 0 Å².